The van der Waals surface area contributed by atoms with Crippen LogP contribution in [0.3, 0.4) is 0 Å². The molecule has 0 radical (unpaired) electrons. The second kappa shape index (κ2) is 9.22. The van der Waals surface area contributed by atoms with Gasteiger partial charge in [0, 0.05) is 0 Å². The third-order valence-corrected chi connectivity index (χ3v) is 6.94. The molecule has 0 heterocycles. The molecule has 0 fully saturated rings. The normalized spacial score (nSPS) is 10.4. The summed E-state index contributed by atoms with van der Waals surface area (Å²) in [5.74, 6) is 0. The predicted molar refractivity (Wildman–Crippen MR) is 114 cm³/mol. The van der Waals surface area contributed by atoms with Gasteiger partial charge >= 0.3 is 165 Å². The first-order valence-corrected chi connectivity index (χ1v) is 11.2. The van der Waals surface area contributed by atoms with Crippen LogP contribution in [-0.4, -0.2) is 15.0 Å². The summed E-state index contributed by atoms with van der Waals surface area (Å²) >= 11 is 3.08. The first-order valence-electron chi connectivity index (χ1n) is 8.02. The molecule has 24 heavy (non-hydrogen) atoms. The standard InChI is InChI=1S/C22H19ISe/c23-21(16-17-24-20-14-8-3-9-15-20)22(18-10-4-1-5-11-18)19-12-6-2-7-13-19/h1-15H,16-17H2. The summed E-state index contributed by atoms with van der Waals surface area (Å²) in [6, 6.07) is 32.3. The SMILES string of the molecule is IC(CC[Se]c1ccccc1)=C(c1ccccc1)c1ccccc1. The van der Waals surface area contributed by atoms with Gasteiger partial charge in [0.2, 0.25) is 0 Å². The van der Waals surface area contributed by atoms with Gasteiger partial charge in [-0.05, 0) is 0 Å². The summed E-state index contributed by atoms with van der Waals surface area (Å²) in [6.07, 6.45) is 1.13. The van der Waals surface area contributed by atoms with E-state index in [1.54, 1.807) is 0 Å². The van der Waals surface area contributed by atoms with Gasteiger partial charge in [-0.25, -0.2) is 0 Å². The first-order chi connectivity index (χ1) is 11.8. The van der Waals surface area contributed by atoms with Gasteiger partial charge in [0.05, 0.1) is 0 Å². The number of benzene rings is 3. The number of allylic oxidation sites excluding steroid dienone is 1. The maximum atomic E-state index is 2.54. The van der Waals surface area contributed by atoms with E-state index in [9.17, 15) is 0 Å². The van der Waals surface area contributed by atoms with Crippen molar-refractivity contribution in [3.05, 3.63) is 106 Å². The number of halogens is 1. The molecule has 0 spiro atoms. The Morgan fingerprint density at radius 2 is 1.12 bits per heavy atom. The summed E-state index contributed by atoms with van der Waals surface area (Å²) in [5, 5.41) is 1.23. The van der Waals surface area contributed by atoms with Crippen LogP contribution < -0.4 is 4.46 Å². The van der Waals surface area contributed by atoms with Crippen LogP contribution in [0.1, 0.15) is 17.5 Å². The molecular formula is C22H19ISe. The van der Waals surface area contributed by atoms with Crippen LogP contribution in [-0.2, 0) is 0 Å². The molecule has 0 saturated carbocycles. The van der Waals surface area contributed by atoms with Crippen LogP contribution in [0, 0.1) is 0 Å². The van der Waals surface area contributed by atoms with E-state index in [4.69, 9.17) is 0 Å². The summed E-state index contributed by atoms with van der Waals surface area (Å²) < 4.78 is 2.93. The van der Waals surface area contributed by atoms with Crippen molar-refractivity contribution in [2.24, 2.45) is 0 Å². The fourth-order valence-electron chi connectivity index (χ4n) is 2.59. The van der Waals surface area contributed by atoms with E-state index < -0.39 is 0 Å². The molecule has 0 aromatic heterocycles. The second-order valence-electron chi connectivity index (χ2n) is 5.42. The third kappa shape index (κ3) is 4.83. The molecule has 0 saturated heterocycles. The fraction of sp³-hybridized carbons (Fsp3) is 0.0909. The first kappa shape index (κ1) is 17.5. The maximum absolute atomic E-state index is 2.54. The molecule has 2 heteroatoms. The average molecular weight is 489 g/mol. The van der Waals surface area contributed by atoms with Crippen LogP contribution in [0.15, 0.2) is 94.6 Å². The quantitative estimate of drug-likeness (QED) is 0.307. The van der Waals surface area contributed by atoms with E-state index in [1.165, 1.54) is 30.1 Å². The van der Waals surface area contributed by atoms with Crippen LogP contribution in [0.2, 0.25) is 5.32 Å². The van der Waals surface area contributed by atoms with Gasteiger partial charge in [-0.1, -0.05) is 0 Å². The number of hydrogen-bond acceptors (Lipinski definition) is 0. The summed E-state index contributed by atoms with van der Waals surface area (Å²) in [4.78, 5) is 0. The molecule has 0 atom stereocenters. The van der Waals surface area contributed by atoms with Gasteiger partial charge in [-0.3, -0.25) is 0 Å². The molecular weight excluding hydrogens is 470 g/mol. The van der Waals surface area contributed by atoms with Crippen molar-refractivity contribution >= 4 is 47.6 Å². The Hall–Kier alpha value is -1.35. The van der Waals surface area contributed by atoms with Crippen molar-refractivity contribution in [3.63, 3.8) is 0 Å². The van der Waals surface area contributed by atoms with Gasteiger partial charge in [0.15, 0.2) is 0 Å². The second-order valence-corrected chi connectivity index (χ2v) is 9.18. The van der Waals surface area contributed by atoms with Gasteiger partial charge in [-0.2, -0.15) is 0 Å². The van der Waals surface area contributed by atoms with Gasteiger partial charge in [0.25, 0.3) is 0 Å². The van der Waals surface area contributed by atoms with Crippen molar-refractivity contribution in [1.82, 2.24) is 0 Å². The van der Waals surface area contributed by atoms with Gasteiger partial charge < -0.3 is 0 Å². The zero-order valence-corrected chi connectivity index (χ0v) is 17.2. The minimum atomic E-state index is 0.538. The average Bonchev–Trinajstić information content (AvgIpc) is 2.65. The fourth-order valence-corrected chi connectivity index (χ4v) is 6.17. The molecule has 3 rings (SSSR count). The van der Waals surface area contributed by atoms with E-state index in [0.29, 0.717) is 15.0 Å². The minimum absolute atomic E-state index is 0.538. The summed E-state index contributed by atoms with van der Waals surface area (Å²) in [7, 11) is 0. The van der Waals surface area contributed by atoms with Crippen LogP contribution >= 0.6 is 22.6 Å². The van der Waals surface area contributed by atoms with E-state index in [0.717, 1.165) is 6.42 Å². The topological polar surface area (TPSA) is 0 Å². The molecule has 0 amide bonds. The molecule has 0 N–H and O–H groups in total. The zero-order valence-electron chi connectivity index (χ0n) is 13.4. The molecule has 3 aromatic carbocycles. The van der Waals surface area contributed by atoms with Gasteiger partial charge in [0.1, 0.15) is 0 Å². The van der Waals surface area contributed by atoms with E-state index in [-0.39, 0.29) is 0 Å². The van der Waals surface area contributed by atoms with Crippen molar-refractivity contribution < 1.29 is 0 Å². The van der Waals surface area contributed by atoms with Crippen LogP contribution in [0.5, 0.6) is 0 Å². The monoisotopic (exact) mass is 490 g/mol. The Labute approximate surface area is 164 Å². The molecule has 3 aromatic rings. The Morgan fingerprint density at radius 1 is 0.667 bits per heavy atom. The Balaban J connectivity index is 1.82. The molecule has 0 aliphatic heterocycles. The van der Waals surface area contributed by atoms with Crippen molar-refractivity contribution in [1.29, 1.82) is 0 Å². The Morgan fingerprint density at radius 3 is 1.62 bits per heavy atom. The van der Waals surface area contributed by atoms with Crippen molar-refractivity contribution in [3.8, 4) is 0 Å². The number of rotatable bonds is 6. The van der Waals surface area contributed by atoms with Crippen molar-refractivity contribution in [2.75, 3.05) is 0 Å². The Bertz CT molecular complexity index is 738. The third-order valence-electron chi connectivity index (χ3n) is 3.73. The van der Waals surface area contributed by atoms with Crippen LogP contribution in [0.4, 0.5) is 0 Å². The molecule has 0 aliphatic carbocycles. The number of hydrogen-bond donors (Lipinski definition) is 0. The van der Waals surface area contributed by atoms with Crippen LogP contribution in [0.25, 0.3) is 5.57 Å². The molecule has 0 unspecified atom stereocenters. The van der Waals surface area contributed by atoms with Gasteiger partial charge in [-0.15, -0.1) is 0 Å². The summed E-state index contributed by atoms with van der Waals surface area (Å²) in [6.45, 7) is 0. The molecule has 0 aliphatic rings. The summed E-state index contributed by atoms with van der Waals surface area (Å²) in [5.41, 5.74) is 3.99. The molecule has 0 bridgehead atoms. The predicted octanol–water partition coefficient (Wildman–Crippen LogP) is 5.72. The molecule has 120 valence electrons. The van der Waals surface area contributed by atoms with E-state index in [1.807, 2.05) is 0 Å². The molecule has 0 nitrogen and oxygen atoms in total. The van der Waals surface area contributed by atoms with E-state index in [2.05, 4.69) is 114 Å². The van der Waals surface area contributed by atoms with E-state index >= 15 is 0 Å². The van der Waals surface area contributed by atoms with Crippen molar-refractivity contribution in [2.45, 2.75) is 11.7 Å². The Kier molecular flexibility index (Phi) is 6.71. The zero-order chi connectivity index (χ0) is 16.6.